The standard InChI is InChI=1S/C20H23F3N2O4/c1-13(2)27-17-9-8-16(12-25-17)28-15-6-4-14(5-7-15)10-11-19(3,24)29-18(26)20(21,22)23/h4-9,12-13H,10-11,24H2,1-3H3. The van der Waals surface area contributed by atoms with Gasteiger partial charge in [-0.2, -0.15) is 13.2 Å². The molecule has 9 heteroatoms. The molecule has 0 amide bonds. The highest BCUT2D eigenvalue weighted by atomic mass is 19.4. The average molecular weight is 412 g/mol. The van der Waals surface area contributed by atoms with Crippen LogP contribution in [0.5, 0.6) is 17.4 Å². The van der Waals surface area contributed by atoms with Crippen LogP contribution in [0.1, 0.15) is 32.8 Å². The van der Waals surface area contributed by atoms with Gasteiger partial charge in [0.15, 0.2) is 5.72 Å². The van der Waals surface area contributed by atoms with Crippen LogP contribution >= 0.6 is 0 Å². The van der Waals surface area contributed by atoms with Crippen LogP contribution in [-0.4, -0.2) is 29.0 Å². The number of aromatic nitrogens is 1. The molecule has 1 unspecified atom stereocenters. The van der Waals surface area contributed by atoms with Crippen molar-refractivity contribution >= 4 is 5.97 Å². The first-order valence-corrected chi connectivity index (χ1v) is 8.93. The van der Waals surface area contributed by atoms with Gasteiger partial charge in [0.05, 0.1) is 12.3 Å². The molecule has 1 aromatic carbocycles. The first-order valence-electron chi connectivity index (χ1n) is 8.93. The summed E-state index contributed by atoms with van der Waals surface area (Å²) < 4.78 is 52.4. The Balaban J connectivity index is 1.89. The molecule has 29 heavy (non-hydrogen) atoms. The van der Waals surface area contributed by atoms with E-state index in [0.29, 0.717) is 23.8 Å². The monoisotopic (exact) mass is 412 g/mol. The predicted molar refractivity (Wildman–Crippen MR) is 99.6 cm³/mol. The summed E-state index contributed by atoms with van der Waals surface area (Å²) in [5.41, 5.74) is 4.72. The fourth-order valence-corrected chi connectivity index (χ4v) is 2.31. The van der Waals surface area contributed by atoms with Crippen molar-refractivity contribution in [3.8, 4) is 17.4 Å². The zero-order chi connectivity index (χ0) is 21.7. The van der Waals surface area contributed by atoms with Crippen LogP contribution in [0.25, 0.3) is 0 Å². The largest absolute Gasteiger partial charge is 0.490 e. The van der Waals surface area contributed by atoms with Crippen LogP contribution in [0.15, 0.2) is 42.6 Å². The van der Waals surface area contributed by atoms with Gasteiger partial charge in [0.25, 0.3) is 0 Å². The minimum Gasteiger partial charge on any atom is -0.475 e. The van der Waals surface area contributed by atoms with Crippen molar-refractivity contribution in [2.24, 2.45) is 5.73 Å². The molecule has 0 saturated carbocycles. The molecular weight excluding hydrogens is 389 g/mol. The molecule has 0 aliphatic rings. The van der Waals surface area contributed by atoms with E-state index in [2.05, 4.69) is 9.72 Å². The second-order valence-corrected chi connectivity index (χ2v) is 6.94. The molecule has 0 saturated heterocycles. The summed E-state index contributed by atoms with van der Waals surface area (Å²) in [6, 6.07) is 10.4. The molecule has 2 N–H and O–H groups in total. The van der Waals surface area contributed by atoms with E-state index < -0.39 is 17.9 Å². The van der Waals surface area contributed by atoms with E-state index in [1.54, 1.807) is 42.6 Å². The number of nitrogens with two attached hydrogens (primary N) is 1. The van der Waals surface area contributed by atoms with Gasteiger partial charge in [-0.3, -0.25) is 5.73 Å². The summed E-state index contributed by atoms with van der Waals surface area (Å²) in [5.74, 6) is -0.710. The van der Waals surface area contributed by atoms with Crippen molar-refractivity contribution in [1.29, 1.82) is 0 Å². The van der Waals surface area contributed by atoms with Gasteiger partial charge in [-0.1, -0.05) is 12.1 Å². The summed E-state index contributed by atoms with van der Waals surface area (Å²) in [6.45, 7) is 5.04. The van der Waals surface area contributed by atoms with E-state index in [-0.39, 0.29) is 12.5 Å². The van der Waals surface area contributed by atoms with Crippen molar-refractivity contribution in [3.63, 3.8) is 0 Å². The highest BCUT2D eigenvalue weighted by molar-refractivity contribution is 5.76. The number of esters is 1. The SMILES string of the molecule is CC(C)Oc1ccc(Oc2ccc(CCC(C)(N)OC(=O)C(F)(F)F)cc2)cn1. The first-order chi connectivity index (χ1) is 13.4. The van der Waals surface area contributed by atoms with Gasteiger partial charge in [-0.25, -0.2) is 9.78 Å². The maximum atomic E-state index is 12.3. The molecule has 2 rings (SSSR count). The molecule has 6 nitrogen and oxygen atoms in total. The highest BCUT2D eigenvalue weighted by Gasteiger charge is 2.44. The molecule has 158 valence electrons. The number of rotatable bonds is 8. The van der Waals surface area contributed by atoms with Crippen molar-refractivity contribution in [3.05, 3.63) is 48.2 Å². The lowest BCUT2D eigenvalue weighted by Crippen LogP contribution is -2.45. The Kier molecular flexibility index (Phi) is 7.07. The highest BCUT2D eigenvalue weighted by Crippen LogP contribution is 2.25. The van der Waals surface area contributed by atoms with E-state index in [1.165, 1.54) is 6.92 Å². The molecule has 2 aromatic rings. The van der Waals surface area contributed by atoms with Crippen LogP contribution in [-0.2, 0) is 16.0 Å². The van der Waals surface area contributed by atoms with Crippen molar-refractivity contribution in [1.82, 2.24) is 4.98 Å². The maximum absolute atomic E-state index is 12.3. The molecule has 0 aliphatic carbocycles. The molecular formula is C20H23F3N2O4. The lowest BCUT2D eigenvalue weighted by molar-refractivity contribution is -0.212. The normalized spacial score (nSPS) is 13.7. The van der Waals surface area contributed by atoms with Crippen molar-refractivity contribution in [2.45, 2.75) is 51.6 Å². The van der Waals surface area contributed by atoms with Gasteiger partial charge in [0, 0.05) is 12.5 Å². The average Bonchev–Trinajstić information content (AvgIpc) is 2.61. The minimum atomic E-state index is -5.08. The lowest BCUT2D eigenvalue weighted by Gasteiger charge is -2.25. The quantitative estimate of drug-likeness (QED) is 0.512. The van der Waals surface area contributed by atoms with E-state index in [1.807, 2.05) is 13.8 Å². The number of hydrogen-bond donors (Lipinski definition) is 1. The molecule has 0 aliphatic heterocycles. The van der Waals surface area contributed by atoms with Crippen molar-refractivity contribution in [2.75, 3.05) is 0 Å². The van der Waals surface area contributed by atoms with Crippen LogP contribution in [0.4, 0.5) is 13.2 Å². The zero-order valence-corrected chi connectivity index (χ0v) is 16.3. The number of hydrogen-bond acceptors (Lipinski definition) is 6. The van der Waals surface area contributed by atoms with Gasteiger partial charge in [-0.15, -0.1) is 0 Å². The third-order valence-electron chi connectivity index (χ3n) is 3.69. The van der Waals surface area contributed by atoms with Crippen LogP contribution < -0.4 is 15.2 Å². The predicted octanol–water partition coefficient (Wildman–Crippen LogP) is 4.37. The number of carbonyl (C=O) groups excluding carboxylic acids is 1. The van der Waals surface area contributed by atoms with E-state index in [9.17, 15) is 18.0 Å². The Morgan fingerprint density at radius 2 is 1.72 bits per heavy atom. The fraction of sp³-hybridized carbons (Fsp3) is 0.400. The van der Waals surface area contributed by atoms with Crippen LogP contribution in [0.3, 0.4) is 0 Å². The number of carbonyl (C=O) groups is 1. The van der Waals surface area contributed by atoms with Crippen LogP contribution in [0, 0.1) is 0 Å². The molecule has 1 aromatic heterocycles. The summed E-state index contributed by atoms with van der Waals surface area (Å²) in [7, 11) is 0. The molecule has 1 heterocycles. The van der Waals surface area contributed by atoms with Crippen molar-refractivity contribution < 1.29 is 32.2 Å². The maximum Gasteiger partial charge on any atom is 0.490 e. The van der Waals surface area contributed by atoms with Gasteiger partial charge in [-0.05, 0) is 51.0 Å². The third kappa shape index (κ3) is 7.61. The number of halogens is 3. The topological polar surface area (TPSA) is 83.7 Å². The summed E-state index contributed by atoms with van der Waals surface area (Å²) in [5, 5.41) is 0. The van der Waals surface area contributed by atoms with E-state index >= 15 is 0 Å². The second-order valence-electron chi connectivity index (χ2n) is 6.94. The summed E-state index contributed by atoms with van der Waals surface area (Å²) in [6.07, 6.45) is -3.17. The van der Waals surface area contributed by atoms with Gasteiger partial charge >= 0.3 is 12.1 Å². The smallest absolute Gasteiger partial charge is 0.475 e. The molecule has 1 atom stereocenters. The number of pyridine rings is 1. The second kappa shape index (κ2) is 9.13. The third-order valence-corrected chi connectivity index (χ3v) is 3.69. The number of benzene rings is 1. The Morgan fingerprint density at radius 1 is 1.10 bits per heavy atom. The minimum absolute atomic E-state index is 0.0224. The molecule has 0 radical (unpaired) electrons. The Hall–Kier alpha value is -2.81. The van der Waals surface area contributed by atoms with E-state index in [0.717, 1.165) is 5.56 Å². The van der Waals surface area contributed by atoms with Crippen LogP contribution in [0.2, 0.25) is 0 Å². The lowest BCUT2D eigenvalue weighted by atomic mass is 10.0. The molecule has 0 fully saturated rings. The van der Waals surface area contributed by atoms with E-state index in [4.69, 9.17) is 15.2 Å². The summed E-state index contributed by atoms with van der Waals surface area (Å²) >= 11 is 0. The Morgan fingerprint density at radius 3 is 2.24 bits per heavy atom. The summed E-state index contributed by atoms with van der Waals surface area (Å²) in [4.78, 5) is 15.1. The molecule has 0 bridgehead atoms. The number of ether oxygens (including phenoxy) is 3. The first kappa shape index (κ1) is 22.5. The van der Waals surface area contributed by atoms with Gasteiger partial charge < -0.3 is 14.2 Å². The zero-order valence-electron chi connectivity index (χ0n) is 16.3. The Labute approximate surface area is 166 Å². The number of aryl methyl sites for hydroxylation is 1. The van der Waals surface area contributed by atoms with Gasteiger partial charge in [0.2, 0.25) is 5.88 Å². The fourth-order valence-electron chi connectivity index (χ4n) is 2.31. The Bertz CT molecular complexity index is 804. The molecule has 0 spiro atoms. The van der Waals surface area contributed by atoms with Gasteiger partial charge in [0.1, 0.15) is 11.5 Å². The number of alkyl halides is 3. The number of nitrogens with zero attached hydrogens (tertiary/aromatic N) is 1.